The molecular weight excluding hydrogens is 241 g/mol. The summed E-state index contributed by atoms with van der Waals surface area (Å²) in [6.07, 6.45) is 0. The van der Waals surface area contributed by atoms with Gasteiger partial charge in [-0.25, -0.2) is 9.18 Å². The number of nitrogens with zero attached hydrogens (tertiary/aromatic N) is 1. The molecule has 0 spiro atoms. The molecule has 0 aliphatic carbocycles. The van der Waals surface area contributed by atoms with Crippen LogP contribution in [0.5, 0.6) is 0 Å². The first-order chi connectivity index (χ1) is 7.95. The van der Waals surface area contributed by atoms with E-state index in [4.69, 9.17) is 18.0 Å². The molecule has 0 aromatic heterocycles. The number of rotatable bonds is 3. The van der Waals surface area contributed by atoms with Gasteiger partial charge >= 0.3 is 6.03 Å². The summed E-state index contributed by atoms with van der Waals surface area (Å²) in [5.41, 5.74) is 6.19. The average Bonchev–Trinajstić information content (AvgIpc) is 2.29. The highest BCUT2D eigenvalue weighted by Crippen LogP contribution is 2.17. The molecule has 0 radical (unpaired) electrons. The van der Waals surface area contributed by atoms with Crippen molar-refractivity contribution in [3.8, 4) is 0 Å². The molecule has 0 bridgehead atoms. The summed E-state index contributed by atoms with van der Waals surface area (Å²) in [6, 6.07) is 3.58. The summed E-state index contributed by atoms with van der Waals surface area (Å²) in [5.74, 6) is -0.449. The predicted molar refractivity (Wildman–Crippen MR) is 69.6 cm³/mol. The van der Waals surface area contributed by atoms with Crippen LogP contribution in [0.3, 0.4) is 0 Å². The van der Waals surface area contributed by atoms with E-state index in [1.54, 1.807) is 7.05 Å². The van der Waals surface area contributed by atoms with Crippen LogP contribution in [0.2, 0.25) is 0 Å². The highest BCUT2D eigenvalue weighted by Gasteiger charge is 2.11. The fourth-order valence-electron chi connectivity index (χ4n) is 1.18. The number of benzene rings is 1. The SMILES string of the molecule is CCN(C)C(=O)Nc1ccc(F)cc1C(N)=S. The summed E-state index contributed by atoms with van der Waals surface area (Å²) in [6.45, 7) is 2.41. The second-order valence-electron chi connectivity index (χ2n) is 3.50. The van der Waals surface area contributed by atoms with Crippen LogP contribution in [-0.4, -0.2) is 29.5 Å². The van der Waals surface area contributed by atoms with Gasteiger partial charge in [0.2, 0.25) is 0 Å². The highest BCUT2D eigenvalue weighted by atomic mass is 32.1. The van der Waals surface area contributed by atoms with E-state index in [1.165, 1.54) is 23.1 Å². The smallest absolute Gasteiger partial charge is 0.321 e. The molecule has 4 nitrogen and oxygen atoms in total. The van der Waals surface area contributed by atoms with Gasteiger partial charge in [0, 0.05) is 19.2 Å². The average molecular weight is 255 g/mol. The van der Waals surface area contributed by atoms with Crippen molar-refractivity contribution in [1.82, 2.24) is 4.90 Å². The van der Waals surface area contributed by atoms with Crippen LogP contribution in [-0.2, 0) is 0 Å². The predicted octanol–water partition coefficient (Wildman–Crippen LogP) is 1.94. The Bertz CT molecular complexity index is 450. The summed E-state index contributed by atoms with van der Waals surface area (Å²) in [7, 11) is 1.65. The van der Waals surface area contributed by atoms with Gasteiger partial charge in [0.25, 0.3) is 0 Å². The Morgan fingerprint density at radius 1 is 1.59 bits per heavy atom. The molecule has 0 unspecified atom stereocenters. The second kappa shape index (κ2) is 5.58. The van der Waals surface area contributed by atoms with E-state index in [9.17, 15) is 9.18 Å². The molecule has 3 N–H and O–H groups in total. The molecule has 17 heavy (non-hydrogen) atoms. The Morgan fingerprint density at radius 2 is 2.24 bits per heavy atom. The molecule has 2 amide bonds. The lowest BCUT2D eigenvalue weighted by atomic mass is 10.1. The van der Waals surface area contributed by atoms with E-state index < -0.39 is 5.82 Å². The first-order valence-electron chi connectivity index (χ1n) is 5.07. The molecule has 92 valence electrons. The molecular formula is C11H14FN3OS. The molecule has 0 saturated heterocycles. The minimum Gasteiger partial charge on any atom is -0.389 e. The first-order valence-corrected chi connectivity index (χ1v) is 5.48. The van der Waals surface area contributed by atoms with Crippen LogP contribution in [0, 0.1) is 5.82 Å². The van der Waals surface area contributed by atoms with Gasteiger partial charge in [-0.3, -0.25) is 0 Å². The first kappa shape index (κ1) is 13.4. The minimum atomic E-state index is -0.449. The van der Waals surface area contributed by atoms with Gasteiger partial charge in [0.1, 0.15) is 10.8 Å². The summed E-state index contributed by atoms with van der Waals surface area (Å²) >= 11 is 4.80. The summed E-state index contributed by atoms with van der Waals surface area (Å²) in [4.78, 5) is 13.2. The fraction of sp³-hybridized carbons (Fsp3) is 0.273. The third-order valence-electron chi connectivity index (χ3n) is 2.31. The molecule has 0 aliphatic heterocycles. The topological polar surface area (TPSA) is 58.4 Å². The minimum absolute atomic E-state index is 0.0407. The van der Waals surface area contributed by atoms with Crippen LogP contribution < -0.4 is 11.1 Å². The molecule has 0 atom stereocenters. The number of carbonyl (C=O) groups is 1. The van der Waals surface area contributed by atoms with Crippen LogP contribution in [0.4, 0.5) is 14.9 Å². The molecule has 6 heteroatoms. The van der Waals surface area contributed by atoms with Crippen LogP contribution in [0.25, 0.3) is 0 Å². The van der Waals surface area contributed by atoms with E-state index in [2.05, 4.69) is 5.32 Å². The quantitative estimate of drug-likeness (QED) is 0.812. The standard InChI is InChI=1S/C11H14FN3OS/c1-3-15(2)11(16)14-9-5-4-7(12)6-8(9)10(13)17/h4-6H,3H2,1-2H3,(H2,13,17)(H,14,16). The molecule has 0 fully saturated rings. The molecule has 0 aliphatic rings. The lowest BCUT2D eigenvalue weighted by Gasteiger charge is -2.17. The number of nitrogens with one attached hydrogen (secondary N) is 1. The number of halogens is 1. The van der Waals surface area contributed by atoms with E-state index in [0.717, 1.165) is 0 Å². The van der Waals surface area contributed by atoms with Crippen molar-refractivity contribution in [2.24, 2.45) is 5.73 Å². The maximum atomic E-state index is 13.0. The number of hydrogen-bond acceptors (Lipinski definition) is 2. The highest BCUT2D eigenvalue weighted by molar-refractivity contribution is 7.80. The van der Waals surface area contributed by atoms with Gasteiger partial charge < -0.3 is 16.0 Å². The normalized spacial score (nSPS) is 9.82. The van der Waals surface area contributed by atoms with Crippen molar-refractivity contribution in [2.75, 3.05) is 18.9 Å². The van der Waals surface area contributed by atoms with Crippen LogP contribution in [0.1, 0.15) is 12.5 Å². The number of carbonyl (C=O) groups excluding carboxylic acids is 1. The van der Waals surface area contributed by atoms with Crippen LogP contribution in [0.15, 0.2) is 18.2 Å². The maximum Gasteiger partial charge on any atom is 0.321 e. The largest absolute Gasteiger partial charge is 0.389 e. The van der Waals surface area contributed by atoms with Crippen molar-refractivity contribution >= 4 is 28.9 Å². The lowest BCUT2D eigenvalue weighted by molar-refractivity contribution is 0.224. The van der Waals surface area contributed by atoms with Crippen molar-refractivity contribution in [3.63, 3.8) is 0 Å². The monoisotopic (exact) mass is 255 g/mol. The second-order valence-corrected chi connectivity index (χ2v) is 3.94. The zero-order valence-electron chi connectivity index (χ0n) is 9.66. The maximum absolute atomic E-state index is 13.0. The zero-order valence-corrected chi connectivity index (χ0v) is 10.5. The van der Waals surface area contributed by atoms with E-state index in [-0.39, 0.29) is 11.0 Å². The number of urea groups is 1. The van der Waals surface area contributed by atoms with Gasteiger partial charge in [-0.15, -0.1) is 0 Å². The number of amides is 2. The Morgan fingerprint density at radius 3 is 2.76 bits per heavy atom. The van der Waals surface area contributed by atoms with E-state index in [1.807, 2.05) is 6.92 Å². The van der Waals surface area contributed by atoms with Gasteiger partial charge in [0.05, 0.1) is 5.69 Å². The van der Waals surface area contributed by atoms with Crippen molar-refractivity contribution in [2.45, 2.75) is 6.92 Å². The van der Waals surface area contributed by atoms with Gasteiger partial charge in [-0.2, -0.15) is 0 Å². The van der Waals surface area contributed by atoms with Crippen LogP contribution >= 0.6 is 12.2 Å². The number of thiocarbonyl (C=S) groups is 1. The summed E-state index contributed by atoms with van der Waals surface area (Å²) < 4.78 is 13.0. The molecule has 1 aromatic rings. The van der Waals surface area contributed by atoms with Gasteiger partial charge in [-0.05, 0) is 25.1 Å². The molecule has 0 heterocycles. The number of hydrogen-bond donors (Lipinski definition) is 2. The van der Waals surface area contributed by atoms with Crippen molar-refractivity contribution in [1.29, 1.82) is 0 Å². The summed E-state index contributed by atoms with van der Waals surface area (Å²) in [5, 5.41) is 2.62. The Balaban J connectivity index is 2.98. The molecule has 0 saturated carbocycles. The fourth-order valence-corrected chi connectivity index (χ4v) is 1.35. The third kappa shape index (κ3) is 3.39. The Hall–Kier alpha value is -1.69. The van der Waals surface area contributed by atoms with Gasteiger partial charge in [0.15, 0.2) is 0 Å². The lowest BCUT2D eigenvalue weighted by Crippen LogP contribution is -2.31. The van der Waals surface area contributed by atoms with Gasteiger partial charge in [-0.1, -0.05) is 12.2 Å². The number of nitrogens with two attached hydrogens (primary N) is 1. The molecule has 1 rings (SSSR count). The number of anilines is 1. The van der Waals surface area contributed by atoms with E-state index in [0.29, 0.717) is 17.8 Å². The molecule has 1 aromatic carbocycles. The third-order valence-corrected chi connectivity index (χ3v) is 2.53. The Kier molecular flexibility index (Phi) is 4.39. The van der Waals surface area contributed by atoms with E-state index >= 15 is 0 Å². The zero-order chi connectivity index (χ0) is 13.0. The van der Waals surface area contributed by atoms with Crippen molar-refractivity contribution < 1.29 is 9.18 Å². The van der Waals surface area contributed by atoms with Crippen molar-refractivity contribution in [3.05, 3.63) is 29.6 Å². The Labute approximate surface area is 105 Å².